The second-order valence-corrected chi connectivity index (χ2v) is 3.41. The third kappa shape index (κ3) is 3.09. The van der Waals surface area contributed by atoms with Crippen LogP contribution in [0, 0.1) is 0 Å². The van der Waals surface area contributed by atoms with Gasteiger partial charge in [0.2, 0.25) is 0 Å². The van der Waals surface area contributed by atoms with Gasteiger partial charge in [0.15, 0.2) is 0 Å². The highest BCUT2D eigenvalue weighted by molar-refractivity contribution is 5.87. The number of rotatable bonds is 2. The number of carbonyl (C=O) groups excluding carboxylic acids is 1. The van der Waals surface area contributed by atoms with Crippen LogP contribution in [0.3, 0.4) is 0 Å². The molecule has 0 amide bonds. The zero-order valence-electron chi connectivity index (χ0n) is 8.08. The van der Waals surface area contributed by atoms with Crippen LogP contribution < -0.4 is 5.73 Å². The van der Waals surface area contributed by atoms with Crippen molar-refractivity contribution in [2.45, 2.75) is 45.1 Å². The van der Waals surface area contributed by atoms with Crippen LogP contribution in [-0.4, -0.2) is 12.1 Å². The Morgan fingerprint density at radius 3 is 2.54 bits per heavy atom. The van der Waals surface area contributed by atoms with Crippen LogP contribution in [0.5, 0.6) is 0 Å². The molecule has 0 unspecified atom stereocenters. The van der Waals surface area contributed by atoms with E-state index in [4.69, 9.17) is 10.5 Å². The summed E-state index contributed by atoms with van der Waals surface area (Å²) in [6, 6.07) is 0. The zero-order valence-corrected chi connectivity index (χ0v) is 8.08. The van der Waals surface area contributed by atoms with Crippen LogP contribution >= 0.6 is 0 Å². The van der Waals surface area contributed by atoms with Crippen molar-refractivity contribution in [2.75, 3.05) is 0 Å². The molecule has 1 aliphatic carbocycles. The van der Waals surface area contributed by atoms with Crippen molar-refractivity contribution in [2.24, 2.45) is 5.73 Å². The van der Waals surface area contributed by atoms with Gasteiger partial charge in [-0.25, -0.2) is 4.79 Å². The molecule has 1 fully saturated rings. The molecule has 1 rings (SSSR count). The van der Waals surface area contributed by atoms with E-state index in [-0.39, 0.29) is 17.8 Å². The van der Waals surface area contributed by atoms with E-state index in [9.17, 15) is 4.79 Å². The van der Waals surface area contributed by atoms with Crippen molar-refractivity contribution in [3.05, 3.63) is 11.8 Å². The molecule has 0 aromatic heterocycles. The quantitative estimate of drug-likeness (QED) is 0.524. The van der Waals surface area contributed by atoms with Gasteiger partial charge < -0.3 is 10.5 Å². The minimum Gasteiger partial charge on any atom is -0.458 e. The molecule has 0 radical (unpaired) electrons. The zero-order chi connectivity index (χ0) is 9.68. The maximum absolute atomic E-state index is 11.2. The Kier molecular flexibility index (Phi) is 3.80. The molecule has 3 heteroatoms. The number of hydrogen-bond acceptors (Lipinski definition) is 3. The van der Waals surface area contributed by atoms with Crippen LogP contribution in [-0.2, 0) is 9.53 Å². The predicted octanol–water partition coefficient (Wildman–Crippen LogP) is 1.72. The van der Waals surface area contributed by atoms with Gasteiger partial charge in [0.25, 0.3) is 0 Å². The number of ether oxygens (including phenoxy) is 1. The predicted molar refractivity (Wildman–Crippen MR) is 50.9 cm³/mol. The van der Waals surface area contributed by atoms with Crippen molar-refractivity contribution < 1.29 is 9.53 Å². The van der Waals surface area contributed by atoms with Crippen molar-refractivity contribution in [1.82, 2.24) is 0 Å². The van der Waals surface area contributed by atoms with Gasteiger partial charge in [-0.2, -0.15) is 0 Å². The van der Waals surface area contributed by atoms with E-state index < -0.39 is 0 Å². The third-order valence-corrected chi connectivity index (χ3v) is 2.37. The highest BCUT2D eigenvalue weighted by atomic mass is 16.5. The molecule has 0 saturated heterocycles. The Morgan fingerprint density at radius 1 is 1.38 bits per heavy atom. The molecule has 0 bridgehead atoms. The Morgan fingerprint density at radius 2 is 2.00 bits per heavy atom. The number of carbonyl (C=O) groups is 1. The van der Waals surface area contributed by atoms with Crippen molar-refractivity contribution in [3.63, 3.8) is 0 Å². The minimum absolute atomic E-state index is 0.0970. The van der Waals surface area contributed by atoms with E-state index in [0.717, 1.165) is 25.7 Å². The van der Waals surface area contributed by atoms with Gasteiger partial charge in [-0.05, 0) is 32.6 Å². The molecule has 0 spiro atoms. The average Bonchev–Trinajstić information content (AvgIpc) is 2.18. The molecule has 0 atom stereocenters. The second kappa shape index (κ2) is 4.90. The highest BCUT2D eigenvalue weighted by Gasteiger charge is 2.18. The Labute approximate surface area is 78.9 Å². The fraction of sp³-hybridized carbons (Fsp3) is 0.700. The van der Waals surface area contributed by atoms with Crippen molar-refractivity contribution in [3.8, 4) is 0 Å². The van der Waals surface area contributed by atoms with Gasteiger partial charge in [0.05, 0.1) is 0 Å². The van der Waals surface area contributed by atoms with E-state index >= 15 is 0 Å². The summed E-state index contributed by atoms with van der Waals surface area (Å²) in [4.78, 5) is 11.2. The third-order valence-electron chi connectivity index (χ3n) is 2.37. The molecule has 0 aromatic carbocycles. The SMILES string of the molecule is CC=C(N)C(=O)OC1CCCCC1. The molecular weight excluding hydrogens is 166 g/mol. The standard InChI is InChI=1S/C10H17NO2/c1-2-9(11)10(12)13-8-6-4-3-5-7-8/h2,8H,3-7,11H2,1H3. The summed E-state index contributed by atoms with van der Waals surface area (Å²) < 4.78 is 5.21. The molecular formula is C10H17NO2. The summed E-state index contributed by atoms with van der Waals surface area (Å²) in [7, 11) is 0. The maximum Gasteiger partial charge on any atom is 0.354 e. The monoisotopic (exact) mass is 183 g/mol. The lowest BCUT2D eigenvalue weighted by atomic mass is 9.98. The number of nitrogens with two attached hydrogens (primary N) is 1. The number of esters is 1. The lowest BCUT2D eigenvalue weighted by Gasteiger charge is -2.21. The van der Waals surface area contributed by atoms with Crippen LogP contribution in [0.25, 0.3) is 0 Å². The molecule has 13 heavy (non-hydrogen) atoms. The van der Waals surface area contributed by atoms with Crippen LogP contribution in [0.4, 0.5) is 0 Å². The summed E-state index contributed by atoms with van der Waals surface area (Å²) in [5.41, 5.74) is 5.63. The first-order valence-electron chi connectivity index (χ1n) is 4.87. The van der Waals surface area contributed by atoms with Crippen molar-refractivity contribution in [1.29, 1.82) is 0 Å². The summed E-state index contributed by atoms with van der Waals surface area (Å²) in [6.07, 6.45) is 7.23. The average molecular weight is 183 g/mol. The molecule has 3 nitrogen and oxygen atoms in total. The summed E-state index contributed by atoms with van der Waals surface area (Å²) in [5, 5.41) is 0. The van der Waals surface area contributed by atoms with Crippen LogP contribution in [0.15, 0.2) is 11.8 Å². The molecule has 74 valence electrons. The number of allylic oxidation sites excluding steroid dienone is 1. The molecule has 1 saturated carbocycles. The lowest BCUT2D eigenvalue weighted by molar-refractivity contribution is -0.145. The minimum atomic E-state index is -0.366. The normalized spacial score (nSPS) is 19.9. The van der Waals surface area contributed by atoms with E-state index in [1.54, 1.807) is 13.0 Å². The van der Waals surface area contributed by atoms with Gasteiger partial charge in [0, 0.05) is 0 Å². The van der Waals surface area contributed by atoms with E-state index in [2.05, 4.69) is 0 Å². The first-order valence-corrected chi connectivity index (χ1v) is 4.87. The van der Waals surface area contributed by atoms with Gasteiger partial charge in [-0.3, -0.25) is 0 Å². The van der Waals surface area contributed by atoms with E-state index in [1.807, 2.05) is 0 Å². The molecule has 0 aliphatic heterocycles. The van der Waals surface area contributed by atoms with E-state index in [0.29, 0.717) is 0 Å². The maximum atomic E-state index is 11.2. The first kappa shape index (κ1) is 10.1. The Bertz CT molecular complexity index is 205. The van der Waals surface area contributed by atoms with Gasteiger partial charge >= 0.3 is 5.97 Å². The summed E-state index contributed by atoms with van der Waals surface area (Å²) in [6.45, 7) is 1.73. The van der Waals surface area contributed by atoms with Gasteiger partial charge in [-0.15, -0.1) is 0 Å². The lowest BCUT2D eigenvalue weighted by Crippen LogP contribution is -2.24. The molecule has 1 aliphatic rings. The molecule has 0 aromatic rings. The fourth-order valence-electron chi connectivity index (χ4n) is 1.52. The summed E-state index contributed by atoms with van der Waals surface area (Å²) in [5.74, 6) is -0.366. The number of hydrogen-bond donors (Lipinski definition) is 1. The highest BCUT2D eigenvalue weighted by Crippen LogP contribution is 2.20. The molecule has 2 N–H and O–H groups in total. The van der Waals surface area contributed by atoms with Crippen LogP contribution in [0.2, 0.25) is 0 Å². The van der Waals surface area contributed by atoms with Gasteiger partial charge in [-0.1, -0.05) is 12.5 Å². The fourth-order valence-corrected chi connectivity index (χ4v) is 1.52. The summed E-state index contributed by atoms with van der Waals surface area (Å²) >= 11 is 0. The van der Waals surface area contributed by atoms with Crippen LogP contribution in [0.1, 0.15) is 39.0 Å². The largest absolute Gasteiger partial charge is 0.458 e. The second-order valence-electron chi connectivity index (χ2n) is 3.41. The molecule has 0 heterocycles. The Balaban J connectivity index is 2.34. The van der Waals surface area contributed by atoms with Gasteiger partial charge in [0.1, 0.15) is 11.8 Å². The Hall–Kier alpha value is -0.990. The smallest absolute Gasteiger partial charge is 0.354 e. The van der Waals surface area contributed by atoms with Crippen molar-refractivity contribution >= 4 is 5.97 Å². The topological polar surface area (TPSA) is 52.3 Å². The first-order chi connectivity index (χ1) is 6.24. The van der Waals surface area contributed by atoms with E-state index in [1.165, 1.54) is 6.42 Å².